The Hall–Kier alpha value is -3.40. The Morgan fingerprint density at radius 3 is 2.76 bits per heavy atom. The Labute approximate surface area is 192 Å². The zero-order valence-electron chi connectivity index (χ0n) is 19.1. The number of hydrogen-bond donors (Lipinski definition) is 2. The number of aromatic nitrogens is 2. The van der Waals surface area contributed by atoms with Gasteiger partial charge in [-0.3, -0.25) is 4.79 Å². The summed E-state index contributed by atoms with van der Waals surface area (Å²) in [5.41, 5.74) is 4.79. The van der Waals surface area contributed by atoms with Crippen molar-refractivity contribution in [1.29, 1.82) is 0 Å². The van der Waals surface area contributed by atoms with Crippen LogP contribution < -0.4 is 15.6 Å². The van der Waals surface area contributed by atoms with Gasteiger partial charge in [-0.05, 0) is 57.0 Å². The van der Waals surface area contributed by atoms with Crippen molar-refractivity contribution in [2.24, 2.45) is 10.1 Å². The van der Waals surface area contributed by atoms with Crippen LogP contribution in [-0.2, 0) is 9.53 Å². The predicted octanol–water partition coefficient (Wildman–Crippen LogP) is 2.89. The maximum atomic E-state index is 15.0. The van der Waals surface area contributed by atoms with Gasteiger partial charge in [0.1, 0.15) is 5.82 Å². The van der Waals surface area contributed by atoms with Gasteiger partial charge in [0, 0.05) is 25.8 Å². The largest absolute Gasteiger partial charge is 0.381 e. The number of anilines is 2. The fourth-order valence-electron chi connectivity index (χ4n) is 4.51. The van der Waals surface area contributed by atoms with Crippen LogP contribution in [0.3, 0.4) is 0 Å². The number of methoxy groups -OCH3 is 1. The first-order chi connectivity index (χ1) is 15.9. The van der Waals surface area contributed by atoms with Gasteiger partial charge in [0.15, 0.2) is 17.5 Å². The van der Waals surface area contributed by atoms with Crippen LogP contribution in [0, 0.1) is 12.7 Å². The molecule has 0 spiro atoms. The molecule has 0 unspecified atom stereocenters. The second-order valence-electron chi connectivity index (χ2n) is 8.23. The van der Waals surface area contributed by atoms with Crippen LogP contribution in [0.4, 0.5) is 16.0 Å². The Balaban J connectivity index is 1.70. The Bertz CT molecular complexity index is 1100. The number of carbonyl (C=O) groups excluding carboxylic acids is 1. The topological polar surface area (TPSA) is 104 Å². The van der Waals surface area contributed by atoms with E-state index in [-0.39, 0.29) is 36.0 Å². The maximum Gasteiger partial charge on any atom is 0.245 e. The average Bonchev–Trinajstić information content (AvgIpc) is 2.83. The third-order valence-corrected chi connectivity index (χ3v) is 6.21. The summed E-state index contributed by atoms with van der Waals surface area (Å²) in [5.74, 6) is 0.611. The highest BCUT2D eigenvalue weighted by Gasteiger charge is 2.33. The standard InChI is InChI=1S/C23H28FN7O2/c1-13-9-17(21(25-2)30-26-3)18(24)10-16(13)19-11-27-22-23(28-19)31(12-20(32)29-22)14-5-7-15(33-4)8-6-14/h9-11,14-15,26H,2,5-8,12H2,1,3-4H3,(H,27,29,32)/b30-21-. The zero-order chi connectivity index (χ0) is 23.5. The summed E-state index contributed by atoms with van der Waals surface area (Å²) in [4.78, 5) is 27.4. The first-order valence-electron chi connectivity index (χ1n) is 10.9. The predicted molar refractivity (Wildman–Crippen MR) is 126 cm³/mol. The number of aryl methyl sites for hydroxylation is 1. The first-order valence-corrected chi connectivity index (χ1v) is 10.9. The molecular formula is C23H28FN7O2. The number of amides is 1. The Kier molecular flexibility index (Phi) is 6.64. The van der Waals surface area contributed by atoms with Crippen LogP contribution in [-0.4, -0.2) is 61.3 Å². The monoisotopic (exact) mass is 453 g/mol. The molecule has 0 bridgehead atoms. The van der Waals surface area contributed by atoms with Gasteiger partial charge in [-0.1, -0.05) is 0 Å². The van der Waals surface area contributed by atoms with E-state index in [1.165, 1.54) is 6.07 Å². The van der Waals surface area contributed by atoms with Crippen LogP contribution in [0.1, 0.15) is 36.8 Å². The molecule has 0 saturated heterocycles. The van der Waals surface area contributed by atoms with Gasteiger partial charge < -0.3 is 20.4 Å². The Morgan fingerprint density at radius 2 is 2.09 bits per heavy atom. The summed E-state index contributed by atoms with van der Waals surface area (Å²) in [6.07, 6.45) is 5.48. The van der Waals surface area contributed by atoms with E-state index in [2.05, 4.69) is 32.5 Å². The van der Waals surface area contributed by atoms with E-state index < -0.39 is 5.82 Å². The van der Waals surface area contributed by atoms with Crippen LogP contribution in [0.25, 0.3) is 11.3 Å². The van der Waals surface area contributed by atoms with Gasteiger partial charge in [-0.25, -0.2) is 19.4 Å². The number of carbonyl (C=O) groups is 1. The molecule has 1 aliphatic carbocycles. The van der Waals surface area contributed by atoms with Gasteiger partial charge in [0.25, 0.3) is 0 Å². The number of ether oxygens (including phenoxy) is 1. The average molecular weight is 454 g/mol. The molecule has 0 atom stereocenters. The molecular weight excluding hydrogens is 425 g/mol. The van der Waals surface area contributed by atoms with Crippen molar-refractivity contribution in [2.75, 3.05) is 30.9 Å². The molecule has 2 N–H and O–H groups in total. The second-order valence-corrected chi connectivity index (χ2v) is 8.23. The number of halogens is 1. The number of nitrogens with one attached hydrogen (secondary N) is 2. The molecule has 33 heavy (non-hydrogen) atoms. The van der Waals surface area contributed by atoms with E-state index in [1.807, 2.05) is 11.8 Å². The summed E-state index contributed by atoms with van der Waals surface area (Å²) < 4.78 is 20.5. The highest BCUT2D eigenvalue weighted by atomic mass is 19.1. The van der Waals surface area contributed by atoms with Gasteiger partial charge in [-0.2, -0.15) is 5.10 Å². The lowest BCUT2D eigenvalue weighted by molar-refractivity contribution is -0.115. The molecule has 1 aromatic heterocycles. The van der Waals surface area contributed by atoms with Crippen molar-refractivity contribution in [3.63, 3.8) is 0 Å². The summed E-state index contributed by atoms with van der Waals surface area (Å²) in [7, 11) is 3.34. The molecule has 174 valence electrons. The third-order valence-electron chi connectivity index (χ3n) is 6.21. The molecule has 9 nitrogen and oxygen atoms in total. The zero-order valence-corrected chi connectivity index (χ0v) is 19.1. The van der Waals surface area contributed by atoms with E-state index in [9.17, 15) is 9.18 Å². The molecule has 10 heteroatoms. The van der Waals surface area contributed by atoms with Crippen molar-refractivity contribution >= 4 is 30.1 Å². The van der Waals surface area contributed by atoms with Crippen LogP contribution >= 0.6 is 0 Å². The number of fused-ring (bicyclic) bond motifs is 1. The molecule has 2 aromatic rings. The molecule has 4 rings (SSSR count). The SMILES string of the molecule is C=N/C(=N\NC)c1cc(C)c(-c2cnc3c(n2)N(C2CCC(OC)CC2)CC(=O)N3)cc1F. The Morgan fingerprint density at radius 1 is 1.33 bits per heavy atom. The van der Waals surface area contributed by atoms with E-state index in [0.717, 1.165) is 31.2 Å². The second kappa shape index (κ2) is 9.62. The number of rotatable bonds is 5. The number of hydrazone groups is 1. The number of hydrogen-bond acceptors (Lipinski definition) is 7. The molecule has 1 fully saturated rings. The highest BCUT2D eigenvalue weighted by Crippen LogP contribution is 2.35. The number of benzene rings is 1. The van der Waals surface area contributed by atoms with E-state index in [1.54, 1.807) is 26.4 Å². The summed E-state index contributed by atoms with van der Waals surface area (Å²) in [6, 6.07) is 3.25. The number of amidine groups is 1. The van der Waals surface area contributed by atoms with Crippen molar-refractivity contribution in [3.05, 3.63) is 35.3 Å². The summed E-state index contributed by atoms with van der Waals surface area (Å²) in [5, 5.41) is 6.77. The molecule has 1 saturated carbocycles. The highest BCUT2D eigenvalue weighted by molar-refractivity contribution is 6.02. The summed E-state index contributed by atoms with van der Waals surface area (Å²) in [6.45, 7) is 5.55. The minimum absolute atomic E-state index is 0.113. The lowest BCUT2D eigenvalue weighted by Crippen LogP contribution is -2.47. The lowest BCUT2D eigenvalue weighted by atomic mass is 9.91. The smallest absolute Gasteiger partial charge is 0.245 e. The van der Waals surface area contributed by atoms with Crippen molar-refractivity contribution in [3.8, 4) is 11.3 Å². The van der Waals surface area contributed by atoms with Gasteiger partial charge in [0.2, 0.25) is 5.91 Å². The van der Waals surface area contributed by atoms with Gasteiger partial charge in [0.05, 0.1) is 30.1 Å². The van der Waals surface area contributed by atoms with E-state index in [4.69, 9.17) is 9.72 Å². The minimum atomic E-state index is -0.487. The molecule has 1 aromatic carbocycles. The molecule has 2 heterocycles. The normalized spacial score (nSPS) is 20.8. The van der Waals surface area contributed by atoms with Gasteiger partial charge >= 0.3 is 0 Å². The molecule has 1 aliphatic heterocycles. The van der Waals surface area contributed by atoms with Crippen molar-refractivity contribution in [2.45, 2.75) is 44.8 Å². The third kappa shape index (κ3) is 4.56. The van der Waals surface area contributed by atoms with Crippen molar-refractivity contribution < 1.29 is 13.9 Å². The quantitative estimate of drug-likeness (QED) is 0.410. The molecule has 1 amide bonds. The molecule has 2 aliphatic rings. The summed E-state index contributed by atoms with van der Waals surface area (Å²) >= 11 is 0. The molecule has 0 radical (unpaired) electrons. The van der Waals surface area contributed by atoms with E-state index >= 15 is 0 Å². The van der Waals surface area contributed by atoms with Crippen LogP contribution in [0.15, 0.2) is 28.4 Å². The van der Waals surface area contributed by atoms with E-state index in [0.29, 0.717) is 22.9 Å². The fourth-order valence-corrected chi connectivity index (χ4v) is 4.51. The fraction of sp³-hybridized carbons (Fsp3) is 0.435. The lowest BCUT2D eigenvalue weighted by Gasteiger charge is -2.39. The van der Waals surface area contributed by atoms with Gasteiger partial charge in [-0.15, -0.1) is 0 Å². The van der Waals surface area contributed by atoms with Crippen molar-refractivity contribution in [1.82, 2.24) is 15.4 Å². The number of nitrogens with zero attached hydrogens (tertiary/aromatic N) is 5. The van der Waals surface area contributed by atoms with Crippen LogP contribution in [0.2, 0.25) is 0 Å². The first kappa shape index (κ1) is 22.8. The number of aliphatic imine (C=N–C) groups is 1. The van der Waals surface area contributed by atoms with Crippen LogP contribution in [0.5, 0.6) is 0 Å². The minimum Gasteiger partial charge on any atom is -0.381 e. The maximum absolute atomic E-state index is 15.0.